The largest absolute Gasteiger partial charge is 0.497 e. The molecule has 110 valence electrons. The van der Waals surface area contributed by atoms with E-state index in [1.165, 1.54) is 0 Å². The minimum absolute atomic E-state index is 0.157. The number of ether oxygens (including phenoxy) is 1. The quantitative estimate of drug-likeness (QED) is 0.824. The highest BCUT2D eigenvalue weighted by Crippen LogP contribution is 2.22. The van der Waals surface area contributed by atoms with Crippen molar-refractivity contribution in [1.82, 2.24) is 4.98 Å². The highest BCUT2D eigenvalue weighted by molar-refractivity contribution is 7.99. The second-order valence-electron chi connectivity index (χ2n) is 4.39. The summed E-state index contributed by atoms with van der Waals surface area (Å²) in [6.45, 7) is 2.10. The maximum absolute atomic E-state index is 12.4. The van der Waals surface area contributed by atoms with E-state index in [9.17, 15) is 4.79 Å². The van der Waals surface area contributed by atoms with Crippen molar-refractivity contribution in [3.63, 3.8) is 0 Å². The number of carbonyl (C=O) groups excluding carboxylic acids is 1. The molecule has 1 aromatic carbocycles. The van der Waals surface area contributed by atoms with Crippen molar-refractivity contribution < 1.29 is 9.53 Å². The highest BCUT2D eigenvalue weighted by atomic mass is 32.2. The lowest BCUT2D eigenvalue weighted by Gasteiger charge is -2.09. The molecule has 5 heteroatoms. The van der Waals surface area contributed by atoms with Gasteiger partial charge in [0.2, 0.25) is 0 Å². The van der Waals surface area contributed by atoms with Crippen molar-refractivity contribution in [3.8, 4) is 5.75 Å². The number of rotatable bonds is 6. The van der Waals surface area contributed by atoms with Crippen LogP contribution in [0.4, 0.5) is 5.69 Å². The number of nitrogens with one attached hydrogen (secondary N) is 1. The third kappa shape index (κ3) is 4.23. The zero-order valence-corrected chi connectivity index (χ0v) is 12.9. The standard InChI is InChI=1S/C16H18N2O2S/c1-3-10-21-16-14(8-5-9-17-16)15(19)18-12-6-4-7-13(11-12)20-2/h4-9,11H,3,10H2,1-2H3,(H,18,19). The van der Waals surface area contributed by atoms with E-state index in [1.54, 1.807) is 43.3 Å². The predicted octanol–water partition coefficient (Wildman–Crippen LogP) is 3.84. The Morgan fingerprint density at radius 2 is 2.19 bits per heavy atom. The normalized spacial score (nSPS) is 10.2. The molecular weight excluding hydrogens is 284 g/mol. The number of nitrogens with zero attached hydrogens (tertiary/aromatic N) is 1. The summed E-state index contributed by atoms with van der Waals surface area (Å²) in [6.07, 6.45) is 2.75. The van der Waals surface area contributed by atoms with Gasteiger partial charge in [0.15, 0.2) is 0 Å². The molecule has 0 saturated carbocycles. The summed E-state index contributed by atoms with van der Waals surface area (Å²) >= 11 is 1.60. The summed E-state index contributed by atoms with van der Waals surface area (Å²) in [5.41, 5.74) is 1.30. The van der Waals surface area contributed by atoms with Gasteiger partial charge in [0.1, 0.15) is 10.8 Å². The third-order valence-electron chi connectivity index (χ3n) is 2.79. The smallest absolute Gasteiger partial charge is 0.258 e. The maximum atomic E-state index is 12.4. The molecule has 1 amide bonds. The summed E-state index contributed by atoms with van der Waals surface area (Å²) < 4.78 is 5.15. The number of benzene rings is 1. The molecular formula is C16H18N2O2S. The molecule has 0 radical (unpaired) electrons. The molecule has 2 aromatic rings. The third-order valence-corrected chi connectivity index (χ3v) is 4.00. The molecule has 0 aliphatic rings. The number of aromatic nitrogens is 1. The number of amides is 1. The van der Waals surface area contributed by atoms with Gasteiger partial charge in [-0.05, 0) is 36.4 Å². The number of anilines is 1. The fraction of sp³-hybridized carbons (Fsp3) is 0.250. The van der Waals surface area contributed by atoms with E-state index < -0.39 is 0 Å². The van der Waals surface area contributed by atoms with Gasteiger partial charge >= 0.3 is 0 Å². The molecule has 0 aliphatic carbocycles. The van der Waals surface area contributed by atoms with Gasteiger partial charge in [0.05, 0.1) is 12.7 Å². The van der Waals surface area contributed by atoms with E-state index in [1.807, 2.05) is 18.2 Å². The molecule has 2 rings (SSSR count). The lowest BCUT2D eigenvalue weighted by atomic mass is 10.2. The van der Waals surface area contributed by atoms with Crippen LogP contribution < -0.4 is 10.1 Å². The maximum Gasteiger partial charge on any atom is 0.258 e. The van der Waals surface area contributed by atoms with Crippen LogP contribution in [-0.4, -0.2) is 23.8 Å². The van der Waals surface area contributed by atoms with Crippen molar-refractivity contribution in [1.29, 1.82) is 0 Å². The number of thioether (sulfide) groups is 1. The lowest BCUT2D eigenvalue weighted by molar-refractivity contribution is 0.102. The van der Waals surface area contributed by atoms with E-state index in [-0.39, 0.29) is 5.91 Å². The first-order valence-electron chi connectivity index (χ1n) is 6.77. The van der Waals surface area contributed by atoms with Crippen LogP contribution in [0, 0.1) is 0 Å². The summed E-state index contributed by atoms with van der Waals surface area (Å²) in [5.74, 6) is 1.49. The van der Waals surface area contributed by atoms with Gasteiger partial charge in [-0.3, -0.25) is 4.79 Å². The number of carbonyl (C=O) groups is 1. The van der Waals surface area contributed by atoms with E-state index in [0.29, 0.717) is 17.0 Å². The van der Waals surface area contributed by atoms with Gasteiger partial charge in [-0.25, -0.2) is 4.98 Å². The van der Waals surface area contributed by atoms with Crippen molar-refractivity contribution in [2.24, 2.45) is 0 Å². The van der Waals surface area contributed by atoms with Gasteiger partial charge in [-0.1, -0.05) is 13.0 Å². The number of pyridine rings is 1. The highest BCUT2D eigenvalue weighted by Gasteiger charge is 2.12. The second kappa shape index (κ2) is 7.69. The average Bonchev–Trinajstić information content (AvgIpc) is 2.53. The van der Waals surface area contributed by atoms with Gasteiger partial charge in [0.25, 0.3) is 5.91 Å². The zero-order valence-electron chi connectivity index (χ0n) is 12.1. The van der Waals surface area contributed by atoms with Crippen LogP contribution in [0.3, 0.4) is 0 Å². The predicted molar refractivity (Wildman–Crippen MR) is 86.2 cm³/mol. The van der Waals surface area contributed by atoms with Crippen LogP contribution in [0.2, 0.25) is 0 Å². The fourth-order valence-corrected chi connectivity index (χ4v) is 2.63. The first-order valence-corrected chi connectivity index (χ1v) is 7.76. The zero-order chi connectivity index (χ0) is 15.1. The molecule has 0 aliphatic heterocycles. The van der Waals surface area contributed by atoms with Crippen molar-refractivity contribution in [2.45, 2.75) is 18.4 Å². The van der Waals surface area contributed by atoms with Gasteiger partial charge in [-0.2, -0.15) is 0 Å². The fourth-order valence-electron chi connectivity index (χ4n) is 1.78. The molecule has 0 spiro atoms. The van der Waals surface area contributed by atoms with Gasteiger partial charge in [0, 0.05) is 18.0 Å². The first kappa shape index (κ1) is 15.4. The second-order valence-corrected chi connectivity index (χ2v) is 5.47. The van der Waals surface area contributed by atoms with Gasteiger partial charge in [-0.15, -0.1) is 11.8 Å². The van der Waals surface area contributed by atoms with Crippen LogP contribution in [0.15, 0.2) is 47.6 Å². The lowest BCUT2D eigenvalue weighted by Crippen LogP contribution is -2.13. The Morgan fingerprint density at radius 1 is 1.33 bits per heavy atom. The van der Waals surface area contributed by atoms with Crippen LogP contribution in [0.1, 0.15) is 23.7 Å². The molecule has 21 heavy (non-hydrogen) atoms. The van der Waals surface area contributed by atoms with Crippen LogP contribution in [-0.2, 0) is 0 Å². The number of hydrogen-bond donors (Lipinski definition) is 1. The molecule has 4 nitrogen and oxygen atoms in total. The monoisotopic (exact) mass is 302 g/mol. The van der Waals surface area contributed by atoms with Crippen molar-refractivity contribution in [2.75, 3.05) is 18.2 Å². The Hall–Kier alpha value is -2.01. The molecule has 0 unspecified atom stereocenters. The van der Waals surface area contributed by atoms with E-state index in [2.05, 4.69) is 17.2 Å². The van der Waals surface area contributed by atoms with Crippen molar-refractivity contribution >= 4 is 23.4 Å². The minimum atomic E-state index is -0.157. The Labute approximate surface area is 128 Å². The number of hydrogen-bond acceptors (Lipinski definition) is 4. The first-order chi connectivity index (χ1) is 10.2. The van der Waals surface area contributed by atoms with Crippen LogP contribution in [0.5, 0.6) is 5.75 Å². The Balaban J connectivity index is 2.16. The minimum Gasteiger partial charge on any atom is -0.497 e. The molecule has 0 fully saturated rings. The topological polar surface area (TPSA) is 51.2 Å². The van der Waals surface area contributed by atoms with Crippen molar-refractivity contribution in [3.05, 3.63) is 48.2 Å². The van der Waals surface area contributed by atoms with Crippen LogP contribution >= 0.6 is 11.8 Å². The molecule has 1 aromatic heterocycles. The molecule has 0 atom stereocenters. The SMILES string of the molecule is CCCSc1ncccc1C(=O)Nc1cccc(OC)c1. The van der Waals surface area contributed by atoms with E-state index in [4.69, 9.17) is 4.74 Å². The van der Waals surface area contributed by atoms with E-state index >= 15 is 0 Å². The molecule has 0 bridgehead atoms. The molecule has 1 heterocycles. The Morgan fingerprint density at radius 3 is 2.95 bits per heavy atom. The summed E-state index contributed by atoms with van der Waals surface area (Å²) in [6, 6.07) is 10.9. The number of methoxy groups -OCH3 is 1. The molecule has 1 N–H and O–H groups in total. The summed E-state index contributed by atoms with van der Waals surface area (Å²) in [5, 5.41) is 3.64. The van der Waals surface area contributed by atoms with E-state index in [0.717, 1.165) is 17.2 Å². The van der Waals surface area contributed by atoms with Gasteiger partial charge < -0.3 is 10.1 Å². The van der Waals surface area contributed by atoms with Crippen LogP contribution in [0.25, 0.3) is 0 Å². The molecule has 0 saturated heterocycles. The average molecular weight is 302 g/mol. The summed E-state index contributed by atoms with van der Waals surface area (Å²) in [4.78, 5) is 16.7. The Bertz CT molecular complexity index is 617. The Kier molecular flexibility index (Phi) is 5.63. The summed E-state index contributed by atoms with van der Waals surface area (Å²) in [7, 11) is 1.60.